The number of nitrogens with one attached hydrogen (secondary N) is 1. The molecule has 24 heavy (non-hydrogen) atoms. The van der Waals surface area contributed by atoms with Gasteiger partial charge >= 0.3 is 12.0 Å². The third-order valence-corrected chi connectivity index (χ3v) is 4.46. The summed E-state index contributed by atoms with van der Waals surface area (Å²) in [4.78, 5) is 35.7. The van der Waals surface area contributed by atoms with E-state index in [9.17, 15) is 9.59 Å². The van der Waals surface area contributed by atoms with E-state index < -0.39 is 12.1 Å². The second-order valence-corrected chi connectivity index (χ2v) is 6.37. The van der Waals surface area contributed by atoms with Gasteiger partial charge in [0.1, 0.15) is 11.9 Å². The third-order valence-electron chi connectivity index (χ3n) is 4.22. The first-order valence-corrected chi connectivity index (χ1v) is 7.86. The van der Waals surface area contributed by atoms with Crippen LogP contribution in [0.4, 0.5) is 10.7 Å². The van der Waals surface area contributed by atoms with Crippen LogP contribution in [0.15, 0.2) is 35.5 Å². The second kappa shape index (κ2) is 5.17. The summed E-state index contributed by atoms with van der Waals surface area (Å²) in [5, 5.41) is 0.568. The number of nitrogens with zero attached hydrogens (tertiary/aromatic N) is 4. The number of carbonyl (C=O) groups is 2. The minimum absolute atomic E-state index is 0.172. The topological polar surface area (TPSA) is 72.6 Å². The Kier molecular flexibility index (Phi) is 3.21. The molecule has 1 N–H and O–H groups in total. The highest BCUT2D eigenvalue weighted by Crippen LogP contribution is 2.28. The van der Waals surface area contributed by atoms with Crippen molar-refractivity contribution in [2.75, 3.05) is 7.05 Å². The van der Waals surface area contributed by atoms with Crippen LogP contribution in [-0.2, 0) is 11.3 Å². The Balaban J connectivity index is 1.71. The highest BCUT2D eigenvalue weighted by molar-refractivity contribution is 6.30. The molecule has 122 valence electrons. The number of aryl methyl sites for hydroxylation is 1. The number of urea groups is 1. The van der Waals surface area contributed by atoms with E-state index in [0.29, 0.717) is 16.8 Å². The van der Waals surface area contributed by atoms with E-state index >= 15 is 0 Å². The van der Waals surface area contributed by atoms with E-state index in [-0.39, 0.29) is 12.5 Å². The van der Waals surface area contributed by atoms with Crippen LogP contribution in [0.5, 0.6) is 0 Å². The molecule has 2 aromatic rings. The van der Waals surface area contributed by atoms with Gasteiger partial charge in [-0.15, -0.1) is 0 Å². The van der Waals surface area contributed by atoms with Gasteiger partial charge < -0.3 is 0 Å². The third kappa shape index (κ3) is 2.12. The number of aliphatic imine (C=N–C) groups is 1. The Bertz CT molecular complexity index is 904. The average Bonchev–Trinajstić information content (AvgIpc) is 3.05. The number of aromatic nitrogens is 2. The van der Waals surface area contributed by atoms with Crippen molar-refractivity contribution in [3.63, 3.8) is 0 Å². The van der Waals surface area contributed by atoms with Gasteiger partial charge in [-0.3, -0.25) is 14.6 Å². The number of halogens is 1. The minimum Gasteiger partial charge on any atom is -0.270 e. The van der Waals surface area contributed by atoms with Gasteiger partial charge in [0.25, 0.3) is 5.91 Å². The summed E-state index contributed by atoms with van der Waals surface area (Å²) in [7, 11) is 1.63. The van der Waals surface area contributed by atoms with Gasteiger partial charge in [-0.2, -0.15) is 0 Å². The summed E-state index contributed by atoms with van der Waals surface area (Å²) >= 11 is 6.00. The molecule has 3 amide bonds. The SMILES string of the molecule is Cc1c[n+]2c([nH]1)N=C1C2C(=O)N(Cc2cccc(Cl)c2)C(=O)N1C. The maximum atomic E-state index is 13.0. The molecule has 8 heteroatoms. The predicted octanol–water partition coefficient (Wildman–Crippen LogP) is 1.94. The van der Waals surface area contributed by atoms with Gasteiger partial charge in [0.2, 0.25) is 11.9 Å². The molecule has 1 aromatic heterocycles. The molecule has 1 aromatic carbocycles. The number of benzene rings is 1. The molecule has 0 radical (unpaired) electrons. The van der Waals surface area contributed by atoms with Crippen molar-refractivity contribution in [3.8, 4) is 0 Å². The Labute approximate surface area is 143 Å². The molecule has 3 heterocycles. The maximum Gasteiger partial charge on any atom is 0.399 e. The number of rotatable bonds is 2. The van der Waals surface area contributed by atoms with Crippen molar-refractivity contribution in [1.82, 2.24) is 14.8 Å². The predicted molar refractivity (Wildman–Crippen MR) is 87.0 cm³/mol. The summed E-state index contributed by atoms with van der Waals surface area (Å²) < 4.78 is 1.76. The van der Waals surface area contributed by atoms with E-state index in [0.717, 1.165) is 11.3 Å². The van der Waals surface area contributed by atoms with Crippen LogP contribution >= 0.6 is 11.6 Å². The van der Waals surface area contributed by atoms with Crippen LogP contribution in [0.25, 0.3) is 0 Å². The van der Waals surface area contributed by atoms with Crippen LogP contribution in [0.2, 0.25) is 5.02 Å². The smallest absolute Gasteiger partial charge is 0.270 e. The zero-order chi connectivity index (χ0) is 17.0. The fourth-order valence-electron chi connectivity index (χ4n) is 3.09. The Morgan fingerprint density at radius 1 is 1.38 bits per heavy atom. The molecule has 4 rings (SSSR count). The van der Waals surface area contributed by atoms with Crippen molar-refractivity contribution in [2.24, 2.45) is 4.99 Å². The zero-order valence-electron chi connectivity index (χ0n) is 13.2. The first kappa shape index (κ1) is 14.9. The van der Waals surface area contributed by atoms with Crippen LogP contribution in [-0.4, -0.2) is 39.6 Å². The van der Waals surface area contributed by atoms with Crippen molar-refractivity contribution >= 4 is 35.3 Å². The molecule has 0 saturated carbocycles. The molecule has 7 nitrogen and oxygen atoms in total. The standard InChI is InChI=1S/C16H14ClN5O2/c1-9-7-21-12-13(19-15(21)18-9)20(2)16(24)22(14(12)23)8-10-4-3-5-11(17)6-10/h3-7,12H,8H2,1-2H3/p+1. The van der Waals surface area contributed by atoms with Crippen molar-refractivity contribution in [3.05, 3.63) is 46.7 Å². The minimum atomic E-state index is -0.619. The second-order valence-electron chi connectivity index (χ2n) is 5.94. The number of H-pyrrole nitrogens is 1. The lowest BCUT2D eigenvalue weighted by Crippen LogP contribution is -2.62. The van der Waals surface area contributed by atoms with Gasteiger partial charge in [0.05, 0.1) is 6.54 Å². The van der Waals surface area contributed by atoms with Gasteiger partial charge in [0.15, 0.2) is 0 Å². The Morgan fingerprint density at radius 3 is 2.92 bits per heavy atom. The zero-order valence-corrected chi connectivity index (χ0v) is 13.9. The van der Waals surface area contributed by atoms with Gasteiger partial charge in [-0.1, -0.05) is 28.7 Å². The lowest BCUT2D eigenvalue weighted by Gasteiger charge is -2.33. The molecule has 0 bridgehead atoms. The van der Waals surface area contributed by atoms with Crippen LogP contribution < -0.4 is 4.57 Å². The number of carbonyl (C=O) groups excluding carboxylic acids is 2. The number of amides is 3. The van der Waals surface area contributed by atoms with E-state index in [2.05, 4.69) is 9.98 Å². The lowest BCUT2D eigenvalue weighted by molar-refractivity contribution is -0.676. The Morgan fingerprint density at radius 2 is 2.17 bits per heavy atom. The van der Waals surface area contributed by atoms with Crippen LogP contribution in [0.3, 0.4) is 0 Å². The largest absolute Gasteiger partial charge is 0.399 e. The van der Waals surface area contributed by atoms with Gasteiger partial charge in [-0.25, -0.2) is 14.3 Å². The number of hydrogen-bond acceptors (Lipinski definition) is 3. The molecule has 1 saturated heterocycles. The summed E-state index contributed by atoms with van der Waals surface area (Å²) in [6.45, 7) is 2.07. The number of likely N-dealkylation sites (N-methyl/N-ethyl adjacent to an activating group) is 1. The first-order chi connectivity index (χ1) is 11.5. The highest BCUT2D eigenvalue weighted by atomic mass is 35.5. The molecule has 1 atom stereocenters. The quantitative estimate of drug-likeness (QED) is 0.846. The Hall–Kier alpha value is -2.67. The fourth-order valence-corrected chi connectivity index (χ4v) is 3.30. The average molecular weight is 345 g/mol. The monoisotopic (exact) mass is 344 g/mol. The van der Waals surface area contributed by atoms with E-state index in [1.54, 1.807) is 29.8 Å². The van der Waals surface area contributed by atoms with Gasteiger partial charge in [0, 0.05) is 12.1 Å². The summed E-state index contributed by atoms with van der Waals surface area (Å²) in [5.74, 6) is 0.725. The molecule has 0 spiro atoms. The number of hydrogen-bond donors (Lipinski definition) is 1. The molecule has 2 aliphatic heterocycles. The number of aromatic amines is 1. The molecular weight excluding hydrogens is 330 g/mol. The summed E-state index contributed by atoms with van der Waals surface area (Å²) in [5.41, 5.74) is 1.70. The number of amidine groups is 1. The van der Waals surface area contributed by atoms with Crippen molar-refractivity contribution < 1.29 is 14.2 Å². The van der Waals surface area contributed by atoms with Crippen LogP contribution in [0.1, 0.15) is 17.3 Å². The number of imidazole rings is 1. The van der Waals surface area contributed by atoms with Crippen LogP contribution in [0, 0.1) is 6.92 Å². The summed E-state index contributed by atoms with van der Waals surface area (Å²) in [6.07, 6.45) is 1.83. The number of imide groups is 1. The fraction of sp³-hybridized carbons (Fsp3) is 0.250. The van der Waals surface area contributed by atoms with Crippen molar-refractivity contribution in [1.29, 1.82) is 0 Å². The van der Waals surface area contributed by atoms with E-state index in [1.165, 1.54) is 9.80 Å². The molecular formula is C16H15ClN5O2+. The van der Waals surface area contributed by atoms with E-state index in [1.807, 2.05) is 19.2 Å². The van der Waals surface area contributed by atoms with Gasteiger partial charge in [-0.05, 0) is 24.6 Å². The lowest BCUT2D eigenvalue weighted by atomic mass is 10.1. The highest BCUT2D eigenvalue weighted by Gasteiger charge is 2.52. The molecule has 2 aliphatic rings. The molecule has 1 unspecified atom stereocenters. The van der Waals surface area contributed by atoms with Crippen molar-refractivity contribution in [2.45, 2.75) is 19.5 Å². The van der Waals surface area contributed by atoms with E-state index in [4.69, 9.17) is 11.6 Å². The maximum absolute atomic E-state index is 13.0. The first-order valence-electron chi connectivity index (χ1n) is 7.48. The normalized spacial score (nSPS) is 19.5. The molecule has 0 aliphatic carbocycles. The number of fused-ring (bicyclic) bond motifs is 3. The summed E-state index contributed by atoms with van der Waals surface area (Å²) in [6, 6.07) is 6.13. The molecule has 1 fully saturated rings.